The van der Waals surface area contributed by atoms with E-state index in [0.29, 0.717) is 5.69 Å². The van der Waals surface area contributed by atoms with Crippen LogP contribution in [0.2, 0.25) is 0 Å². The summed E-state index contributed by atoms with van der Waals surface area (Å²) in [5.41, 5.74) is 3.98. The fraction of sp³-hybridized carbons (Fsp3) is 0.0588. The SMILES string of the molecule is O=C(O)/C=C/C(=O)Nc1ccc2c(c1)[C@@H](O)c1ccccc1-2. The van der Waals surface area contributed by atoms with Crippen LogP contribution in [-0.4, -0.2) is 22.1 Å². The average Bonchev–Trinajstić information content (AvgIpc) is 2.79. The molecule has 0 unspecified atom stereocenters. The van der Waals surface area contributed by atoms with Gasteiger partial charge in [0, 0.05) is 17.8 Å². The monoisotopic (exact) mass is 295 g/mol. The van der Waals surface area contributed by atoms with Crippen molar-refractivity contribution < 1.29 is 19.8 Å². The fourth-order valence-electron chi connectivity index (χ4n) is 2.59. The van der Waals surface area contributed by atoms with E-state index in [-0.39, 0.29) is 0 Å². The van der Waals surface area contributed by atoms with Gasteiger partial charge in [-0.2, -0.15) is 0 Å². The first-order valence-corrected chi connectivity index (χ1v) is 6.69. The molecule has 0 aliphatic heterocycles. The van der Waals surface area contributed by atoms with Gasteiger partial charge in [-0.3, -0.25) is 4.79 Å². The number of carbonyl (C=O) groups excluding carboxylic acids is 1. The minimum Gasteiger partial charge on any atom is -0.478 e. The molecule has 3 rings (SSSR count). The third-order valence-corrected chi connectivity index (χ3v) is 3.54. The van der Waals surface area contributed by atoms with E-state index in [1.165, 1.54) is 0 Å². The maximum absolute atomic E-state index is 11.6. The number of amides is 1. The lowest BCUT2D eigenvalue weighted by atomic mass is 10.1. The van der Waals surface area contributed by atoms with Crippen molar-refractivity contribution in [2.45, 2.75) is 6.10 Å². The summed E-state index contributed by atoms with van der Waals surface area (Å²) in [7, 11) is 0. The molecular weight excluding hydrogens is 282 g/mol. The maximum atomic E-state index is 11.6. The summed E-state index contributed by atoms with van der Waals surface area (Å²) < 4.78 is 0. The van der Waals surface area contributed by atoms with Crippen LogP contribution in [0.15, 0.2) is 54.6 Å². The molecule has 0 aromatic heterocycles. The number of carbonyl (C=O) groups is 2. The molecule has 0 heterocycles. The summed E-state index contributed by atoms with van der Waals surface area (Å²) in [6, 6.07) is 12.8. The number of aliphatic hydroxyl groups is 1. The minimum atomic E-state index is -1.19. The van der Waals surface area contributed by atoms with Crippen molar-refractivity contribution in [3.63, 3.8) is 0 Å². The molecule has 0 radical (unpaired) electrons. The molecule has 5 heteroatoms. The Hall–Kier alpha value is -2.92. The predicted octanol–water partition coefficient (Wildman–Crippen LogP) is 2.33. The molecule has 0 spiro atoms. The van der Waals surface area contributed by atoms with Crippen molar-refractivity contribution in [2.75, 3.05) is 5.32 Å². The Balaban J connectivity index is 1.87. The van der Waals surface area contributed by atoms with Gasteiger partial charge in [0.2, 0.25) is 5.91 Å². The van der Waals surface area contributed by atoms with E-state index < -0.39 is 18.0 Å². The van der Waals surface area contributed by atoms with E-state index in [1.54, 1.807) is 12.1 Å². The number of aliphatic hydroxyl groups excluding tert-OH is 1. The molecular formula is C17H13NO4. The second-order valence-electron chi connectivity index (χ2n) is 4.95. The Kier molecular flexibility index (Phi) is 3.48. The lowest BCUT2D eigenvalue weighted by Gasteiger charge is -2.08. The molecule has 22 heavy (non-hydrogen) atoms. The molecule has 3 N–H and O–H groups in total. The summed E-state index contributed by atoms with van der Waals surface area (Å²) in [6.07, 6.45) is 0.992. The second-order valence-corrected chi connectivity index (χ2v) is 4.95. The predicted molar refractivity (Wildman–Crippen MR) is 81.3 cm³/mol. The number of anilines is 1. The van der Waals surface area contributed by atoms with Gasteiger partial charge in [0.25, 0.3) is 0 Å². The van der Waals surface area contributed by atoms with Gasteiger partial charge in [-0.1, -0.05) is 30.3 Å². The van der Waals surface area contributed by atoms with E-state index in [2.05, 4.69) is 5.32 Å². The first-order valence-electron chi connectivity index (χ1n) is 6.69. The molecule has 0 saturated heterocycles. The highest BCUT2D eigenvalue weighted by atomic mass is 16.4. The molecule has 110 valence electrons. The number of hydrogen-bond acceptors (Lipinski definition) is 3. The number of rotatable bonds is 3. The largest absolute Gasteiger partial charge is 0.478 e. The van der Waals surface area contributed by atoms with Gasteiger partial charge in [-0.05, 0) is 34.4 Å². The number of hydrogen-bond donors (Lipinski definition) is 3. The number of benzene rings is 2. The Morgan fingerprint density at radius 2 is 1.73 bits per heavy atom. The number of carboxylic acids is 1. The Morgan fingerprint density at radius 3 is 2.50 bits per heavy atom. The molecule has 0 bridgehead atoms. The van der Waals surface area contributed by atoms with Crippen LogP contribution < -0.4 is 5.32 Å². The molecule has 1 aliphatic carbocycles. The van der Waals surface area contributed by atoms with Crippen LogP contribution in [0.25, 0.3) is 11.1 Å². The van der Waals surface area contributed by atoms with Crippen LogP contribution in [0.4, 0.5) is 5.69 Å². The number of aliphatic carboxylic acids is 1. The van der Waals surface area contributed by atoms with Crippen LogP contribution in [0.5, 0.6) is 0 Å². The van der Waals surface area contributed by atoms with Crippen molar-refractivity contribution in [3.8, 4) is 11.1 Å². The molecule has 2 aromatic carbocycles. The van der Waals surface area contributed by atoms with E-state index >= 15 is 0 Å². The number of nitrogens with one attached hydrogen (secondary N) is 1. The summed E-state index contributed by atoms with van der Waals surface area (Å²) in [5, 5.41) is 21.4. The quantitative estimate of drug-likeness (QED) is 0.758. The molecule has 1 atom stereocenters. The van der Waals surface area contributed by atoms with Gasteiger partial charge in [0.1, 0.15) is 6.10 Å². The first-order chi connectivity index (χ1) is 10.6. The van der Waals surface area contributed by atoms with E-state index in [0.717, 1.165) is 34.4 Å². The maximum Gasteiger partial charge on any atom is 0.328 e. The number of fused-ring (bicyclic) bond motifs is 3. The normalized spacial score (nSPS) is 15.4. The van der Waals surface area contributed by atoms with Crippen LogP contribution in [0, 0.1) is 0 Å². The van der Waals surface area contributed by atoms with Crippen molar-refractivity contribution in [1.82, 2.24) is 0 Å². The minimum absolute atomic E-state index is 0.505. The third-order valence-electron chi connectivity index (χ3n) is 3.54. The highest BCUT2D eigenvalue weighted by Gasteiger charge is 2.26. The van der Waals surface area contributed by atoms with Crippen molar-refractivity contribution >= 4 is 17.6 Å². The standard InChI is InChI=1S/C17H13NO4/c19-15(7-8-16(20)21)18-10-5-6-12-11-3-1-2-4-13(11)17(22)14(12)9-10/h1-9,17,22H,(H,18,19)(H,20,21)/b8-7+/t17-/m0/s1. The van der Waals surface area contributed by atoms with E-state index in [9.17, 15) is 14.7 Å². The van der Waals surface area contributed by atoms with Gasteiger partial charge in [-0.25, -0.2) is 4.79 Å². The Morgan fingerprint density at radius 1 is 1.00 bits per heavy atom. The Labute approximate surface area is 126 Å². The van der Waals surface area contributed by atoms with Crippen LogP contribution in [0.1, 0.15) is 17.2 Å². The van der Waals surface area contributed by atoms with Gasteiger partial charge in [-0.15, -0.1) is 0 Å². The summed E-state index contributed by atoms with van der Waals surface area (Å²) in [6.45, 7) is 0. The van der Waals surface area contributed by atoms with Crippen LogP contribution >= 0.6 is 0 Å². The topological polar surface area (TPSA) is 86.6 Å². The molecule has 2 aromatic rings. The van der Waals surface area contributed by atoms with Gasteiger partial charge in [0.15, 0.2) is 0 Å². The van der Waals surface area contributed by atoms with Crippen molar-refractivity contribution in [1.29, 1.82) is 0 Å². The second kappa shape index (κ2) is 5.46. The summed E-state index contributed by atoms with van der Waals surface area (Å²) in [4.78, 5) is 22.0. The van der Waals surface area contributed by atoms with Crippen molar-refractivity contribution in [3.05, 3.63) is 65.7 Å². The van der Waals surface area contributed by atoms with Crippen LogP contribution in [0.3, 0.4) is 0 Å². The lowest BCUT2D eigenvalue weighted by molar-refractivity contribution is -0.131. The zero-order chi connectivity index (χ0) is 15.7. The zero-order valence-electron chi connectivity index (χ0n) is 11.5. The van der Waals surface area contributed by atoms with Crippen molar-refractivity contribution in [2.24, 2.45) is 0 Å². The summed E-state index contributed by atoms with van der Waals surface area (Å²) >= 11 is 0. The molecule has 0 fully saturated rings. The summed E-state index contributed by atoms with van der Waals surface area (Å²) in [5.74, 6) is -1.72. The zero-order valence-corrected chi connectivity index (χ0v) is 11.5. The van der Waals surface area contributed by atoms with Gasteiger partial charge >= 0.3 is 5.97 Å². The molecule has 1 aliphatic rings. The average molecular weight is 295 g/mol. The highest BCUT2D eigenvalue weighted by Crippen LogP contribution is 2.44. The molecule has 1 amide bonds. The molecule has 0 saturated carbocycles. The fourth-order valence-corrected chi connectivity index (χ4v) is 2.59. The lowest BCUT2D eigenvalue weighted by Crippen LogP contribution is -2.09. The van der Waals surface area contributed by atoms with Crippen LogP contribution in [-0.2, 0) is 9.59 Å². The molecule has 5 nitrogen and oxygen atoms in total. The Bertz CT molecular complexity index is 795. The third kappa shape index (κ3) is 2.49. The van der Waals surface area contributed by atoms with Gasteiger partial charge in [0.05, 0.1) is 0 Å². The number of carboxylic acid groups (broad SMARTS) is 1. The van der Waals surface area contributed by atoms with E-state index in [1.807, 2.05) is 30.3 Å². The first kappa shape index (κ1) is 14.0. The van der Waals surface area contributed by atoms with Gasteiger partial charge < -0.3 is 15.5 Å². The van der Waals surface area contributed by atoms with E-state index in [4.69, 9.17) is 5.11 Å². The highest BCUT2D eigenvalue weighted by molar-refractivity contribution is 6.02. The smallest absolute Gasteiger partial charge is 0.328 e.